The van der Waals surface area contributed by atoms with Gasteiger partial charge in [0, 0.05) is 9.90 Å². The van der Waals surface area contributed by atoms with Gasteiger partial charge in [0.25, 0.3) is 0 Å². The van der Waals surface area contributed by atoms with Crippen molar-refractivity contribution in [1.29, 1.82) is 0 Å². The Balaban J connectivity index is 2.45. The maximum Gasteiger partial charge on any atom is 0.0411 e. The van der Waals surface area contributed by atoms with Crippen LogP contribution in [0.2, 0.25) is 5.02 Å². The predicted molar refractivity (Wildman–Crippen MR) is 69.7 cm³/mol. The monoisotopic (exact) mass is 242 g/mol. The summed E-state index contributed by atoms with van der Waals surface area (Å²) in [5.74, 6) is 0. The second-order valence-electron chi connectivity index (χ2n) is 4.21. The summed E-state index contributed by atoms with van der Waals surface area (Å²) in [5.41, 5.74) is 1.13. The van der Waals surface area contributed by atoms with E-state index in [1.54, 1.807) is 0 Å². The highest BCUT2D eigenvalue weighted by atomic mass is 35.5. The molecule has 2 heteroatoms. The lowest BCUT2D eigenvalue weighted by atomic mass is 10.1. The summed E-state index contributed by atoms with van der Waals surface area (Å²) in [6.45, 7) is 4.06. The summed E-state index contributed by atoms with van der Waals surface area (Å²) in [6, 6.07) is 7.81. The van der Waals surface area contributed by atoms with Crippen LogP contribution in [-0.4, -0.2) is 4.87 Å². The molecule has 0 nitrogen and oxygen atoms in total. The van der Waals surface area contributed by atoms with Crippen LogP contribution in [0, 0.1) is 0 Å². The number of benzene rings is 1. The molecule has 0 bridgehead atoms. The number of hydrogen-bond acceptors (Lipinski definition) is 0. The fourth-order valence-electron chi connectivity index (χ4n) is 1.26. The summed E-state index contributed by atoms with van der Waals surface area (Å²) < 4.78 is 0. The minimum atomic E-state index is -0.112. The van der Waals surface area contributed by atoms with E-state index in [0.29, 0.717) is 0 Å². The van der Waals surface area contributed by atoms with Gasteiger partial charge < -0.3 is 0 Å². The molecule has 82 valence electrons. The van der Waals surface area contributed by atoms with Crippen molar-refractivity contribution in [1.82, 2.24) is 0 Å². The minimum absolute atomic E-state index is 0.112. The number of halogens is 2. The van der Waals surface area contributed by atoms with Gasteiger partial charge in [0.15, 0.2) is 0 Å². The molecule has 1 aromatic carbocycles. The van der Waals surface area contributed by atoms with E-state index < -0.39 is 0 Å². The quantitative estimate of drug-likeness (QED) is 0.641. The topological polar surface area (TPSA) is 0 Å². The number of allylic oxidation sites excluding steroid dienone is 1. The average Bonchev–Trinajstić information content (AvgIpc) is 2.11. The fourth-order valence-corrected chi connectivity index (χ4v) is 1.56. The Labute approximate surface area is 102 Å². The highest BCUT2D eigenvalue weighted by molar-refractivity contribution is 6.30. The molecule has 0 saturated carbocycles. The van der Waals surface area contributed by atoms with E-state index in [1.165, 1.54) is 0 Å². The van der Waals surface area contributed by atoms with Crippen molar-refractivity contribution < 1.29 is 0 Å². The maximum atomic E-state index is 6.09. The molecule has 0 aliphatic carbocycles. The number of alkyl halides is 1. The molecule has 0 atom stereocenters. The Hall–Kier alpha value is -0.460. The molecule has 0 saturated heterocycles. The first-order valence-corrected chi connectivity index (χ1v) is 5.84. The van der Waals surface area contributed by atoms with Crippen molar-refractivity contribution in [3.63, 3.8) is 0 Å². The number of rotatable bonds is 4. The molecule has 0 fully saturated rings. The molecule has 1 rings (SSSR count). The van der Waals surface area contributed by atoms with Gasteiger partial charge in [0.05, 0.1) is 0 Å². The van der Waals surface area contributed by atoms with E-state index >= 15 is 0 Å². The molecule has 0 aliphatic rings. The van der Waals surface area contributed by atoms with Crippen LogP contribution in [0.25, 0.3) is 6.08 Å². The highest BCUT2D eigenvalue weighted by Gasteiger charge is 2.10. The molecule has 0 unspecified atom stereocenters. The fraction of sp³-hybridized carbons (Fsp3) is 0.385. The van der Waals surface area contributed by atoms with Crippen molar-refractivity contribution in [3.8, 4) is 0 Å². The van der Waals surface area contributed by atoms with Gasteiger partial charge in [0.1, 0.15) is 0 Å². The predicted octanol–water partition coefficient (Wildman–Crippen LogP) is 5.15. The first kappa shape index (κ1) is 12.6. The zero-order valence-corrected chi connectivity index (χ0v) is 10.6. The van der Waals surface area contributed by atoms with Crippen molar-refractivity contribution in [2.24, 2.45) is 0 Å². The lowest BCUT2D eigenvalue weighted by molar-refractivity contribution is 0.637. The first-order valence-electron chi connectivity index (χ1n) is 5.08. The van der Waals surface area contributed by atoms with E-state index in [-0.39, 0.29) is 4.87 Å². The largest absolute Gasteiger partial charge is 0.120 e. The van der Waals surface area contributed by atoms with Gasteiger partial charge in [-0.25, -0.2) is 0 Å². The first-order chi connectivity index (χ1) is 6.97. The van der Waals surface area contributed by atoms with Crippen LogP contribution in [0.1, 0.15) is 32.3 Å². The highest BCUT2D eigenvalue weighted by Crippen LogP contribution is 2.20. The lowest BCUT2D eigenvalue weighted by Gasteiger charge is -2.12. The van der Waals surface area contributed by atoms with E-state index in [9.17, 15) is 0 Å². The van der Waals surface area contributed by atoms with E-state index in [0.717, 1.165) is 23.4 Å². The summed E-state index contributed by atoms with van der Waals surface area (Å²) in [5, 5.41) is 0.773. The zero-order chi connectivity index (χ0) is 11.3. The third-order valence-corrected chi connectivity index (χ3v) is 2.49. The molecule has 0 heterocycles. The van der Waals surface area contributed by atoms with E-state index in [4.69, 9.17) is 23.2 Å². The summed E-state index contributed by atoms with van der Waals surface area (Å²) in [7, 11) is 0. The Morgan fingerprint density at radius 2 is 2.07 bits per heavy atom. The van der Waals surface area contributed by atoms with Crippen LogP contribution >= 0.6 is 23.2 Å². The van der Waals surface area contributed by atoms with Crippen molar-refractivity contribution in [2.75, 3.05) is 0 Å². The molecule has 1 aromatic rings. The third kappa shape index (κ3) is 5.86. The van der Waals surface area contributed by atoms with Crippen LogP contribution in [0.15, 0.2) is 30.3 Å². The summed E-state index contributed by atoms with van der Waals surface area (Å²) >= 11 is 12.0. The standard InChI is InChI=1S/C13H16Cl2/c1-13(2,15)9-4-3-6-11-7-5-8-12(14)10-11/h3,5-8,10H,4,9H2,1-2H3. The van der Waals surface area contributed by atoms with Crippen molar-refractivity contribution in [3.05, 3.63) is 40.9 Å². The molecule has 0 amide bonds. The second kappa shape index (κ2) is 5.58. The van der Waals surface area contributed by atoms with Gasteiger partial charge >= 0.3 is 0 Å². The van der Waals surface area contributed by atoms with E-state index in [1.807, 2.05) is 38.1 Å². The summed E-state index contributed by atoms with van der Waals surface area (Å²) in [4.78, 5) is -0.112. The Bertz CT molecular complexity index is 335. The molecular formula is C13H16Cl2. The molecule has 0 aliphatic heterocycles. The lowest BCUT2D eigenvalue weighted by Crippen LogP contribution is -2.08. The Kier molecular flexibility index (Phi) is 4.69. The molecule has 0 spiro atoms. The third-order valence-electron chi connectivity index (χ3n) is 2.06. The van der Waals surface area contributed by atoms with Crippen molar-refractivity contribution in [2.45, 2.75) is 31.6 Å². The smallest absolute Gasteiger partial charge is 0.0411 e. The SMILES string of the molecule is CC(C)(Cl)CCC=Cc1cccc(Cl)c1. The zero-order valence-electron chi connectivity index (χ0n) is 9.13. The summed E-state index contributed by atoms with van der Waals surface area (Å²) in [6.07, 6.45) is 6.18. The van der Waals surface area contributed by atoms with Crippen LogP contribution in [0.3, 0.4) is 0 Å². The van der Waals surface area contributed by atoms with Gasteiger partial charge in [-0.1, -0.05) is 35.9 Å². The van der Waals surface area contributed by atoms with Crippen molar-refractivity contribution >= 4 is 29.3 Å². The van der Waals surface area contributed by atoms with Gasteiger partial charge in [-0.3, -0.25) is 0 Å². The van der Waals surface area contributed by atoms with Crippen LogP contribution in [-0.2, 0) is 0 Å². The van der Waals surface area contributed by atoms with Gasteiger partial charge in [-0.05, 0) is 44.4 Å². The van der Waals surface area contributed by atoms with Crippen LogP contribution in [0.5, 0.6) is 0 Å². The molecule has 0 N–H and O–H groups in total. The average molecular weight is 243 g/mol. The van der Waals surface area contributed by atoms with E-state index in [2.05, 4.69) is 12.2 Å². The molecule has 0 aromatic heterocycles. The Morgan fingerprint density at radius 3 is 2.67 bits per heavy atom. The maximum absolute atomic E-state index is 6.09. The van der Waals surface area contributed by atoms with Gasteiger partial charge in [-0.2, -0.15) is 0 Å². The Morgan fingerprint density at radius 1 is 1.33 bits per heavy atom. The second-order valence-corrected chi connectivity index (χ2v) is 5.67. The van der Waals surface area contributed by atoms with Gasteiger partial charge in [-0.15, -0.1) is 11.6 Å². The molecule has 15 heavy (non-hydrogen) atoms. The van der Waals surface area contributed by atoms with Crippen LogP contribution < -0.4 is 0 Å². The van der Waals surface area contributed by atoms with Crippen LogP contribution in [0.4, 0.5) is 0 Å². The molecule has 0 radical (unpaired) electrons. The van der Waals surface area contributed by atoms with Gasteiger partial charge in [0.2, 0.25) is 0 Å². The number of hydrogen-bond donors (Lipinski definition) is 0. The molecular weight excluding hydrogens is 227 g/mol. The normalized spacial score (nSPS) is 12.3. The minimum Gasteiger partial charge on any atom is -0.120 e.